The number of fused-ring (bicyclic) bond motifs is 1. The molecule has 1 atom stereocenters. The summed E-state index contributed by atoms with van der Waals surface area (Å²) in [6.07, 6.45) is 0.250. The molecule has 1 aliphatic heterocycles. The normalized spacial score (nSPS) is 15.1. The van der Waals surface area contributed by atoms with Gasteiger partial charge in [-0.2, -0.15) is 0 Å². The monoisotopic (exact) mass is 489 g/mol. The Balaban J connectivity index is 1.87. The van der Waals surface area contributed by atoms with Crippen LogP contribution in [-0.2, 0) is 9.59 Å². The van der Waals surface area contributed by atoms with E-state index in [1.165, 1.54) is 23.1 Å². The van der Waals surface area contributed by atoms with Crippen molar-refractivity contribution in [2.45, 2.75) is 32.8 Å². The van der Waals surface area contributed by atoms with E-state index >= 15 is 0 Å². The Morgan fingerprint density at radius 3 is 2.68 bits per heavy atom. The molecule has 1 heterocycles. The van der Waals surface area contributed by atoms with Crippen LogP contribution in [0.1, 0.15) is 37.0 Å². The van der Waals surface area contributed by atoms with Gasteiger partial charge in [-0.15, -0.1) is 0 Å². The molecule has 2 aromatic carbocycles. The van der Waals surface area contributed by atoms with Gasteiger partial charge in [-0.25, -0.2) is 0 Å². The SMILES string of the molecule is CCCC(=O)c1ccc2c(c1)N(CC(=O)Nc1cc([N+](=O)[O-])ccc1Br)C(=O)C(C)O2. The zero-order chi connectivity index (χ0) is 22.7. The molecular weight excluding hydrogens is 470 g/mol. The van der Waals surface area contributed by atoms with Crippen LogP contribution >= 0.6 is 15.9 Å². The molecule has 0 bridgehead atoms. The summed E-state index contributed by atoms with van der Waals surface area (Å²) >= 11 is 3.25. The lowest BCUT2D eigenvalue weighted by molar-refractivity contribution is -0.384. The smallest absolute Gasteiger partial charge is 0.271 e. The maximum Gasteiger partial charge on any atom is 0.271 e. The highest BCUT2D eigenvalue weighted by Crippen LogP contribution is 2.35. The predicted octanol–water partition coefficient (Wildman–Crippen LogP) is 4.09. The van der Waals surface area contributed by atoms with Gasteiger partial charge in [-0.1, -0.05) is 6.92 Å². The number of nitro benzene ring substituents is 1. The number of halogens is 1. The van der Waals surface area contributed by atoms with E-state index in [0.29, 0.717) is 34.3 Å². The number of rotatable bonds is 7. The summed E-state index contributed by atoms with van der Waals surface area (Å²) in [7, 11) is 0. The molecule has 0 saturated carbocycles. The van der Waals surface area contributed by atoms with E-state index in [2.05, 4.69) is 21.2 Å². The zero-order valence-corrected chi connectivity index (χ0v) is 18.5. The van der Waals surface area contributed by atoms with Crippen LogP contribution in [0.25, 0.3) is 0 Å². The van der Waals surface area contributed by atoms with E-state index in [4.69, 9.17) is 4.74 Å². The van der Waals surface area contributed by atoms with Gasteiger partial charge in [0.2, 0.25) is 5.91 Å². The third kappa shape index (κ3) is 4.91. The van der Waals surface area contributed by atoms with Crippen LogP contribution in [0, 0.1) is 10.1 Å². The van der Waals surface area contributed by atoms with E-state index < -0.39 is 22.8 Å². The van der Waals surface area contributed by atoms with Gasteiger partial charge in [0.1, 0.15) is 12.3 Å². The number of Topliss-reactive ketones (excluding diaryl/α,β-unsaturated/α-hetero) is 1. The molecular formula is C21H20BrN3O6. The second-order valence-corrected chi connectivity index (χ2v) is 7.86. The van der Waals surface area contributed by atoms with Crippen LogP contribution in [0.4, 0.5) is 17.1 Å². The van der Waals surface area contributed by atoms with Crippen LogP contribution in [0.5, 0.6) is 5.75 Å². The van der Waals surface area contributed by atoms with E-state index in [0.717, 1.165) is 0 Å². The van der Waals surface area contributed by atoms with Gasteiger partial charge in [0, 0.05) is 28.6 Å². The first-order valence-corrected chi connectivity index (χ1v) is 10.4. The first kappa shape index (κ1) is 22.4. The maximum absolute atomic E-state index is 12.7. The number of anilines is 2. The highest BCUT2D eigenvalue weighted by molar-refractivity contribution is 9.10. The maximum atomic E-state index is 12.7. The van der Waals surface area contributed by atoms with Gasteiger partial charge in [0.25, 0.3) is 11.6 Å². The average Bonchev–Trinajstić information content (AvgIpc) is 2.72. The van der Waals surface area contributed by atoms with Crippen molar-refractivity contribution in [2.24, 2.45) is 0 Å². The fourth-order valence-electron chi connectivity index (χ4n) is 3.17. The number of nitrogens with zero attached hydrogens (tertiary/aromatic N) is 2. The summed E-state index contributed by atoms with van der Waals surface area (Å²) < 4.78 is 6.07. The van der Waals surface area contributed by atoms with Gasteiger partial charge in [-0.05, 0) is 53.5 Å². The molecule has 162 valence electrons. The molecule has 0 aromatic heterocycles. The number of carbonyl (C=O) groups excluding carboxylic acids is 3. The number of hydrogen-bond donors (Lipinski definition) is 1. The van der Waals surface area contributed by atoms with Gasteiger partial charge >= 0.3 is 0 Å². The van der Waals surface area contributed by atoms with E-state index in [-0.39, 0.29) is 23.7 Å². The number of ketones is 1. The average molecular weight is 490 g/mol. The number of nitrogens with one attached hydrogen (secondary N) is 1. The van der Waals surface area contributed by atoms with Gasteiger partial charge < -0.3 is 10.1 Å². The second kappa shape index (κ2) is 9.25. The summed E-state index contributed by atoms with van der Waals surface area (Å²) in [5.74, 6) is -0.661. The molecule has 1 unspecified atom stereocenters. The molecule has 2 aromatic rings. The van der Waals surface area contributed by atoms with Crippen molar-refractivity contribution in [1.29, 1.82) is 0 Å². The summed E-state index contributed by atoms with van der Waals surface area (Å²) in [6, 6.07) is 8.78. The van der Waals surface area contributed by atoms with Crippen LogP contribution in [0.3, 0.4) is 0 Å². The molecule has 0 radical (unpaired) electrons. The fraction of sp³-hybridized carbons (Fsp3) is 0.286. The number of carbonyl (C=O) groups is 3. The standard InChI is InChI=1S/C21H20BrN3O6/c1-3-4-18(26)13-5-8-19-17(9-13)24(21(28)12(2)31-19)11-20(27)23-16-10-14(25(29)30)6-7-15(16)22/h5-10,12H,3-4,11H2,1-2H3,(H,23,27). The topological polar surface area (TPSA) is 119 Å². The molecule has 0 aliphatic carbocycles. The number of nitro groups is 1. The molecule has 10 heteroatoms. The Morgan fingerprint density at radius 2 is 2.00 bits per heavy atom. The quantitative estimate of drug-likeness (QED) is 0.355. The molecule has 1 aliphatic rings. The largest absolute Gasteiger partial charge is 0.479 e. The molecule has 1 N–H and O–H groups in total. The van der Waals surface area contributed by atoms with Crippen molar-refractivity contribution >= 4 is 50.6 Å². The van der Waals surface area contributed by atoms with Crippen LogP contribution in [0.15, 0.2) is 40.9 Å². The lowest BCUT2D eigenvalue weighted by Crippen LogP contribution is -2.47. The Kier molecular flexibility index (Phi) is 6.69. The van der Waals surface area contributed by atoms with Gasteiger partial charge in [0.15, 0.2) is 11.9 Å². The Morgan fingerprint density at radius 1 is 1.26 bits per heavy atom. The number of amides is 2. The van der Waals surface area contributed by atoms with Crippen molar-refractivity contribution in [2.75, 3.05) is 16.8 Å². The van der Waals surface area contributed by atoms with Crippen molar-refractivity contribution in [3.63, 3.8) is 0 Å². The highest BCUT2D eigenvalue weighted by Gasteiger charge is 2.33. The third-order valence-electron chi connectivity index (χ3n) is 4.70. The molecule has 3 rings (SSSR count). The molecule has 2 amide bonds. The van der Waals surface area contributed by atoms with E-state index in [1.807, 2.05) is 6.92 Å². The lowest BCUT2D eigenvalue weighted by Gasteiger charge is -2.32. The minimum atomic E-state index is -0.804. The van der Waals surface area contributed by atoms with Crippen molar-refractivity contribution < 1.29 is 24.0 Å². The van der Waals surface area contributed by atoms with Gasteiger partial charge in [-0.3, -0.25) is 29.4 Å². The molecule has 0 fully saturated rings. The summed E-state index contributed by atoms with van der Waals surface area (Å²) in [6.45, 7) is 3.12. The Bertz CT molecular complexity index is 1070. The Hall–Kier alpha value is -3.27. The van der Waals surface area contributed by atoms with Crippen LogP contribution in [-0.4, -0.2) is 35.2 Å². The minimum Gasteiger partial charge on any atom is -0.479 e. The van der Waals surface area contributed by atoms with E-state index in [1.54, 1.807) is 25.1 Å². The summed E-state index contributed by atoms with van der Waals surface area (Å²) in [5.41, 5.74) is 0.788. The second-order valence-electron chi connectivity index (χ2n) is 7.01. The number of non-ortho nitro benzene ring substituents is 1. The van der Waals surface area contributed by atoms with Gasteiger partial charge in [0.05, 0.1) is 16.3 Å². The highest BCUT2D eigenvalue weighted by atomic mass is 79.9. The minimum absolute atomic E-state index is 0.0682. The van der Waals surface area contributed by atoms with Crippen molar-refractivity contribution in [3.05, 3.63) is 56.5 Å². The molecule has 9 nitrogen and oxygen atoms in total. The fourth-order valence-corrected chi connectivity index (χ4v) is 3.52. The van der Waals surface area contributed by atoms with Crippen molar-refractivity contribution in [3.8, 4) is 5.75 Å². The van der Waals surface area contributed by atoms with Crippen molar-refractivity contribution in [1.82, 2.24) is 0 Å². The lowest BCUT2D eigenvalue weighted by atomic mass is 10.0. The molecule has 0 saturated heterocycles. The number of hydrogen-bond acceptors (Lipinski definition) is 6. The predicted molar refractivity (Wildman–Crippen MR) is 118 cm³/mol. The summed E-state index contributed by atoms with van der Waals surface area (Å²) in [5, 5.41) is 13.6. The third-order valence-corrected chi connectivity index (χ3v) is 5.39. The zero-order valence-electron chi connectivity index (χ0n) is 16.9. The molecule has 0 spiro atoms. The van der Waals surface area contributed by atoms with Crippen LogP contribution in [0.2, 0.25) is 0 Å². The van der Waals surface area contributed by atoms with Crippen LogP contribution < -0.4 is 15.0 Å². The molecule has 31 heavy (non-hydrogen) atoms. The summed E-state index contributed by atoms with van der Waals surface area (Å²) in [4.78, 5) is 49.4. The number of benzene rings is 2. The first-order valence-electron chi connectivity index (χ1n) is 9.60. The Labute approximate surface area is 186 Å². The first-order chi connectivity index (χ1) is 14.7. The number of ether oxygens (including phenoxy) is 1. The van der Waals surface area contributed by atoms with E-state index in [9.17, 15) is 24.5 Å².